The van der Waals surface area contributed by atoms with Crippen LogP contribution >= 0.6 is 0 Å². The van der Waals surface area contributed by atoms with Gasteiger partial charge >= 0.3 is 0 Å². The first-order valence-corrected chi connectivity index (χ1v) is 10.6. The number of hydrogen-bond acceptors (Lipinski definition) is 5. The number of carbonyl (C=O) groups excluding carboxylic acids is 2. The molecule has 1 heterocycles. The molecule has 30 heavy (non-hydrogen) atoms. The van der Waals surface area contributed by atoms with Crippen LogP contribution in [0.5, 0.6) is 0 Å². The molecule has 0 saturated carbocycles. The van der Waals surface area contributed by atoms with Gasteiger partial charge in [-0.05, 0) is 48.9 Å². The number of amides is 2. The van der Waals surface area contributed by atoms with E-state index in [0.717, 1.165) is 22.9 Å². The van der Waals surface area contributed by atoms with E-state index in [9.17, 15) is 9.59 Å². The van der Waals surface area contributed by atoms with E-state index in [1.807, 2.05) is 30.3 Å². The number of nitrogens with one attached hydrogen (secondary N) is 2. The number of hydrogen-bond donors (Lipinski definition) is 4. The first-order chi connectivity index (χ1) is 14.2. The molecule has 2 rings (SSSR count). The van der Waals surface area contributed by atoms with Gasteiger partial charge in [0, 0.05) is 24.5 Å². The molecule has 7 heteroatoms. The second-order valence-electron chi connectivity index (χ2n) is 8.94. The van der Waals surface area contributed by atoms with Crippen molar-refractivity contribution in [2.75, 3.05) is 13.1 Å². The van der Waals surface area contributed by atoms with Gasteiger partial charge in [-0.15, -0.1) is 0 Å². The molecule has 0 aliphatic rings. The van der Waals surface area contributed by atoms with Crippen LogP contribution < -0.4 is 22.1 Å². The first kappa shape index (κ1) is 23.8. The van der Waals surface area contributed by atoms with Crippen molar-refractivity contribution in [3.8, 4) is 0 Å². The van der Waals surface area contributed by atoms with Crippen LogP contribution in [0.3, 0.4) is 0 Å². The van der Waals surface area contributed by atoms with Crippen molar-refractivity contribution in [3.05, 3.63) is 42.1 Å². The fourth-order valence-electron chi connectivity index (χ4n) is 3.10. The van der Waals surface area contributed by atoms with Gasteiger partial charge in [0.1, 0.15) is 6.04 Å². The molecule has 0 radical (unpaired) electrons. The van der Waals surface area contributed by atoms with E-state index in [-0.39, 0.29) is 17.2 Å². The molecule has 1 aromatic heterocycles. The number of aromatic nitrogens is 1. The minimum atomic E-state index is -0.718. The van der Waals surface area contributed by atoms with Gasteiger partial charge in [-0.2, -0.15) is 0 Å². The molecule has 2 atom stereocenters. The molecule has 0 aliphatic heterocycles. The van der Waals surface area contributed by atoms with Crippen LogP contribution in [0.25, 0.3) is 10.9 Å². The Bertz CT molecular complexity index is 847. The second kappa shape index (κ2) is 11.0. The molecular weight excluding hydrogens is 378 g/mol. The Morgan fingerprint density at radius 3 is 2.60 bits per heavy atom. The Labute approximate surface area is 179 Å². The van der Waals surface area contributed by atoms with Crippen LogP contribution in [0.2, 0.25) is 0 Å². The van der Waals surface area contributed by atoms with E-state index >= 15 is 0 Å². The van der Waals surface area contributed by atoms with Crippen LogP contribution in [0.1, 0.15) is 45.6 Å². The monoisotopic (exact) mass is 413 g/mol. The number of rotatable bonds is 10. The molecule has 2 aromatic rings. The van der Waals surface area contributed by atoms with Crippen LogP contribution in [-0.2, 0) is 16.0 Å². The average Bonchev–Trinajstić information content (AvgIpc) is 2.70. The second-order valence-corrected chi connectivity index (χ2v) is 8.94. The number of nitrogens with two attached hydrogens (primary N) is 2. The maximum absolute atomic E-state index is 12.9. The number of para-hydroxylation sites is 1. The highest BCUT2D eigenvalue weighted by atomic mass is 16.2. The van der Waals surface area contributed by atoms with Crippen molar-refractivity contribution in [2.45, 2.75) is 58.5 Å². The van der Waals surface area contributed by atoms with Gasteiger partial charge in [0.2, 0.25) is 11.8 Å². The summed E-state index contributed by atoms with van der Waals surface area (Å²) in [5, 5.41) is 6.77. The van der Waals surface area contributed by atoms with E-state index in [1.165, 1.54) is 0 Å². The molecule has 2 amide bonds. The zero-order valence-electron chi connectivity index (χ0n) is 18.3. The van der Waals surface area contributed by atoms with Gasteiger partial charge in [0.15, 0.2) is 0 Å². The Hall–Kier alpha value is -2.51. The summed E-state index contributed by atoms with van der Waals surface area (Å²) in [6.45, 7) is 7.38. The summed E-state index contributed by atoms with van der Waals surface area (Å²) in [7, 11) is 0. The molecule has 7 nitrogen and oxygen atoms in total. The SMILES string of the molecule is CC(C)(C)CCNC(=O)[C@@H](Cc1cnc2ccccc2c1)NC(=O)[C@H](N)CCCN. The predicted molar refractivity (Wildman–Crippen MR) is 121 cm³/mol. The Morgan fingerprint density at radius 1 is 1.17 bits per heavy atom. The molecule has 0 aliphatic carbocycles. The van der Waals surface area contributed by atoms with E-state index in [2.05, 4.69) is 36.4 Å². The smallest absolute Gasteiger partial charge is 0.242 e. The van der Waals surface area contributed by atoms with E-state index in [1.54, 1.807) is 6.20 Å². The summed E-state index contributed by atoms with van der Waals surface area (Å²) >= 11 is 0. The third-order valence-electron chi connectivity index (χ3n) is 4.95. The van der Waals surface area contributed by atoms with Crippen LogP contribution in [-0.4, -0.2) is 42.0 Å². The molecule has 164 valence electrons. The summed E-state index contributed by atoms with van der Waals surface area (Å²) in [5.74, 6) is -0.556. The lowest BCUT2D eigenvalue weighted by atomic mass is 9.92. The maximum atomic E-state index is 12.9. The maximum Gasteiger partial charge on any atom is 0.242 e. The molecule has 0 unspecified atom stereocenters. The molecule has 0 spiro atoms. The highest BCUT2D eigenvalue weighted by molar-refractivity contribution is 5.90. The van der Waals surface area contributed by atoms with Gasteiger partial charge in [-0.3, -0.25) is 14.6 Å². The first-order valence-electron chi connectivity index (χ1n) is 10.6. The quantitative estimate of drug-likeness (QED) is 0.474. The zero-order valence-corrected chi connectivity index (χ0v) is 18.3. The summed E-state index contributed by atoms with van der Waals surface area (Å²) in [6.07, 6.45) is 4.07. The van der Waals surface area contributed by atoms with Gasteiger partial charge in [0.25, 0.3) is 0 Å². The largest absolute Gasteiger partial charge is 0.354 e. The lowest BCUT2D eigenvalue weighted by molar-refractivity contribution is -0.129. The van der Waals surface area contributed by atoms with Crippen LogP contribution in [0.15, 0.2) is 36.5 Å². The third-order valence-corrected chi connectivity index (χ3v) is 4.95. The fraction of sp³-hybridized carbons (Fsp3) is 0.522. The number of pyridine rings is 1. The Kier molecular flexibility index (Phi) is 8.74. The number of carbonyl (C=O) groups is 2. The van der Waals surface area contributed by atoms with Crippen molar-refractivity contribution in [2.24, 2.45) is 16.9 Å². The molecule has 0 bridgehead atoms. The van der Waals surface area contributed by atoms with E-state index in [4.69, 9.17) is 11.5 Å². The average molecular weight is 414 g/mol. The normalized spacial score (nSPS) is 13.6. The lowest BCUT2D eigenvalue weighted by Gasteiger charge is -2.23. The Morgan fingerprint density at radius 2 is 1.90 bits per heavy atom. The van der Waals surface area contributed by atoms with Crippen LogP contribution in [0, 0.1) is 5.41 Å². The Balaban J connectivity index is 2.12. The van der Waals surface area contributed by atoms with Crippen molar-refractivity contribution in [1.82, 2.24) is 15.6 Å². The summed E-state index contributed by atoms with van der Waals surface area (Å²) < 4.78 is 0. The van der Waals surface area contributed by atoms with Crippen molar-refractivity contribution >= 4 is 22.7 Å². The number of fused-ring (bicyclic) bond motifs is 1. The molecule has 1 aromatic carbocycles. The van der Waals surface area contributed by atoms with Gasteiger partial charge in [-0.1, -0.05) is 39.0 Å². The topological polar surface area (TPSA) is 123 Å². The molecular formula is C23H35N5O2. The number of nitrogens with zero attached hydrogens (tertiary/aromatic N) is 1. The van der Waals surface area contributed by atoms with Gasteiger partial charge in [0.05, 0.1) is 11.6 Å². The van der Waals surface area contributed by atoms with Crippen molar-refractivity contribution in [3.63, 3.8) is 0 Å². The third kappa shape index (κ3) is 7.72. The van der Waals surface area contributed by atoms with Crippen molar-refractivity contribution < 1.29 is 9.59 Å². The van der Waals surface area contributed by atoms with Gasteiger partial charge < -0.3 is 22.1 Å². The zero-order chi connectivity index (χ0) is 22.1. The highest BCUT2D eigenvalue weighted by Gasteiger charge is 2.24. The van der Waals surface area contributed by atoms with Crippen LogP contribution in [0.4, 0.5) is 0 Å². The van der Waals surface area contributed by atoms with E-state index < -0.39 is 12.1 Å². The van der Waals surface area contributed by atoms with E-state index in [0.29, 0.717) is 32.4 Å². The minimum absolute atomic E-state index is 0.110. The standard InChI is InChI=1S/C23H35N5O2/c1-23(2,3)10-12-26-22(30)20(28-21(29)18(25)8-6-11-24)14-16-13-17-7-4-5-9-19(17)27-15-16/h4-5,7,9,13,15,18,20H,6,8,10-12,14,24-25H2,1-3H3,(H,26,30)(H,28,29)/t18-,20-/m1/s1. The molecule has 0 saturated heterocycles. The minimum Gasteiger partial charge on any atom is -0.354 e. The fourth-order valence-corrected chi connectivity index (χ4v) is 3.10. The molecule has 0 fully saturated rings. The van der Waals surface area contributed by atoms with Crippen molar-refractivity contribution in [1.29, 1.82) is 0 Å². The lowest BCUT2D eigenvalue weighted by Crippen LogP contribution is -2.52. The summed E-state index contributed by atoms with van der Waals surface area (Å²) in [5.41, 5.74) is 13.3. The summed E-state index contributed by atoms with van der Waals surface area (Å²) in [6, 6.07) is 8.39. The highest BCUT2D eigenvalue weighted by Crippen LogP contribution is 2.17. The number of benzene rings is 1. The summed E-state index contributed by atoms with van der Waals surface area (Å²) in [4.78, 5) is 29.8. The molecule has 6 N–H and O–H groups in total. The predicted octanol–water partition coefficient (Wildman–Crippen LogP) is 1.88. The van der Waals surface area contributed by atoms with Gasteiger partial charge in [-0.25, -0.2) is 0 Å².